The van der Waals surface area contributed by atoms with Crippen LogP contribution in [-0.2, 0) is 6.42 Å². The number of unbranched alkanes of at least 4 members (excludes halogenated alkanes) is 1. The van der Waals surface area contributed by atoms with Crippen molar-refractivity contribution in [1.29, 1.82) is 0 Å². The third-order valence-electron chi connectivity index (χ3n) is 2.95. The Labute approximate surface area is 117 Å². The van der Waals surface area contributed by atoms with E-state index in [4.69, 9.17) is 4.98 Å². The number of fused-ring (bicyclic) bond motifs is 1. The molecule has 0 aliphatic heterocycles. The van der Waals surface area contributed by atoms with E-state index in [2.05, 4.69) is 55.1 Å². The minimum absolute atomic E-state index is 0.188. The molecule has 0 N–H and O–H groups in total. The van der Waals surface area contributed by atoms with Crippen molar-refractivity contribution in [3.63, 3.8) is 0 Å². The van der Waals surface area contributed by atoms with Gasteiger partial charge in [-0.3, -0.25) is 0 Å². The lowest BCUT2D eigenvalue weighted by atomic mass is 10.1. The molecule has 1 aromatic heterocycles. The van der Waals surface area contributed by atoms with Gasteiger partial charge in [0.1, 0.15) is 0 Å². The van der Waals surface area contributed by atoms with Crippen LogP contribution in [-0.4, -0.2) is 4.98 Å². The third-order valence-corrected chi connectivity index (χ3v) is 12.8. The minimum Gasteiger partial charge on any atom is -0.247 e. The summed E-state index contributed by atoms with van der Waals surface area (Å²) in [6, 6.07) is 10.8. The van der Waals surface area contributed by atoms with Gasteiger partial charge in [0, 0.05) is 5.39 Å². The van der Waals surface area contributed by atoms with Crippen molar-refractivity contribution in [2.75, 3.05) is 0 Å². The molecular formula is C13H19NP4. The molecule has 0 saturated carbocycles. The van der Waals surface area contributed by atoms with Crippen LogP contribution in [0.2, 0.25) is 0 Å². The first kappa shape index (κ1) is 14.8. The predicted molar refractivity (Wildman–Crippen MR) is 94.6 cm³/mol. The fraction of sp³-hybridized carbons (Fsp3) is 0.308. The summed E-state index contributed by atoms with van der Waals surface area (Å²) in [6.07, 6.45) is 3.65. The largest absolute Gasteiger partial charge is 0.247 e. The average Bonchev–Trinajstić information content (AvgIpc) is 2.43. The molecule has 1 heterocycles. The molecule has 0 spiro atoms. The van der Waals surface area contributed by atoms with Crippen LogP contribution in [0.1, 0.15) is 25.3 Å². The number of nitrogens with zero attached hydrogens (tertiary/aromatic N) is 1. The van der Waals surface area contributed by atoms with Gasteiger partial charge in [-0.25, -0.2) is 4.98 Å². The molecule has 1 nitrogen and oxygen atoms in total. The highest BCUT2D eigenvalue weighted by atomic mass is 32.6. The summed E-state index contributed by atoms with van der Waals surface area (Å²) in [5, 5.41) is 1.27. The lowest BCUT2D eigenvalue weighted by Gasteiger charge is -2.15. The molecule has 1 aromatic carbocycles. The normalized spacial score (nSPS) is 13.5. The maximum atomic E-state index is 4.90. The Kier molecular flexibility index (Phi) is 5.92. The average molecular weight is 313 g/mol. The zero-order valence-electron chi connectivity index (χ0n) is 10.6. The summed E-state index contributed by atoms with van der Waals surface area (Å²) in [7, 11) is 6.54. The first-order valence-corrected chi connectivity index (χ1v) is 12.8. The molecule has 0 bridgehead atoms. The molecule has 4 atom stereocenters. The summed E-state index contributed by atoms with van der Waals surface area (Å²) in [5.74, 6) is 0. The van der Waals surface area contributed by atoms with E-state index in [0.29, 0.717) is 0 Å². The van der Waals surface area contributed by atoms with Crippen LogP contribution in [0.15, 0.2) is 30.3 Å². The van der Waals surface area contributed by atoms with Crippen molar-refractivity contribution >= 4 is 49.5 Å². The molecule has 0 saturated heterocycles. The van der Waals surface area contributed by atoms with E-state index >= 15 is 0 Å². The van der Waals surface area contributed by atoms with Gasteiger partial charge in [0.15, 0.2) is 0 Å². The fourth-order valence-electron chi connectivity index (χ4n) is 1.97. The molecule has 0 fully saturated rings. The molecular weight excluding hydrogens is 294 g/mol. The van der Waals surface area contributed by atoms with E-state index in [-0.39, 0.29) is 7.30 Å². The van der Waals surface area contributed by atoms with E-state index in [1.165, 1.54) is 29.2 Å². The van der Waals surface area contributed by atoms with Crippen LogP contribution in [0.4, 0.5) is 0 Å². The second-order valence-electron chi connectivity index (χ2n) is 4.27. The first-order valence-electron chi connectivity index (χ1n) is 6.16. The fourth-order valence-corrected chi connectivity index (χ4v) is 5.51. The zero-order chi connectivity index (χ0) is 13.0. The molecule has 0 aliphatic rings. The standard InChI is InChI=1S/C13H19NP4/c1-2-3-6-11-9-10-7-4-5-8-12(10)14-13(11)18(16)17-15/h4-5,7-9,17H,2-3,6,15-16H2,1H3. The number of rotatable bonds is 5. The summed E-state index contributed by atoms with van der Waals surface area (Å²) in [6.45, 7) is 2.25. The van der Waals surface area contributed by atoms with Gasteiger partial charge < -0.3 is 0 Å². The van der Waals surface area contributed by atoms with Crippen molar-refractivity contribution in [3.05, 3.63) is 35.9 Å². The molecule has 0 radical (unpaired) electrons. The molecule has 4 unspecified atom stereocenters. The van der Waals surface area contributed by atoms with E-state index in [9.17, 15) is 0 Å². The molecule has 2 rings (SSSR count). The van der Waals surface area contributed by atoms with Gasteiger partial charge in [-0.2, -0.15) is 0 Å². The van der Waals surface area contributed by atoms with Gasteiger partial charge in [-0.15, -0.1) is 17.9 Å². The van der Waals surface area contributed by atoms with Crippen LogP contribution < -0.4 is 5.44 Å². The highest BCUT2D eigenvalue weighted by Gasteiger charge is 2.12. The van der Waals surface area contributed by atoms with Gasteiger partial charge in [0.05, 0.1) is 11.0 Å². The van der Waals surface area contributed by atoms with E-state index < -0.39 is 0 Å². The number of hydrogen-bond donors (Lipinski definition) is 0. The summed E-state index contributed by atoms with van der Waals surface area (Å²) >= 11 is 0. The van der Waals surface area contributed by atoms with Gasteiger partial charge in [-0.05, 0) is 37.8 Å². The van der Waals surface area contributed by atoms with Crippen LogP contribution in [0.3, 0.4) is 0 Å². The molecule has 18 heavy (non-hydrogen) atoms. The Hall–Kier alpha value is 0.350. The SMILES string of the molecule is CCCCc1cc2ccccc2nc1P(P)PP. The zero-order valence-corrected chi connectivity index (χ0v) is 14.8. The van der Waals surface area contributed by atoms with Crippen molar-refractivity contribution < 1.29 is 0 Å². The Morgan fingerprint density at radius 2 is 2.11 bits per heavy atom. The van der Waals surface area contributed by atoms with Crippen molar-refractivity contribution in [2.45, 2.75) is 26.2 Å². The lowest BCUT2D eigenvalue weighted by molar-refractivity contribution is 0.797. The number of para-hydroxylation sites is 1. The Morgan fingerprint density at radius 1 is 1.33 bits per heavy atom. The number of aromatic nitrogens is 1. The summed E-state index contributed by atoms with van der Waals surface area (Å²) < 4.78 is 0. The van der Waals surface area contributed by atoms with Crippen molar-refractivity contribution in [2.24, 2.45) is 0 Å². The predicted octanol–water partition coefficient (Wildman–Crippen LogP) is 4.86. The first-order chi connectivity index (χ1) is 8.76. The number of hydrogen-bond acceptors (Lipinski definition) is 1. The van der Waals surface area contributed by atoms with Crippen LogP contribution >= 0.6 is 33.1 Å². The Balaban J connectivity index is 2.49. The van der Waals surface area contributed by atoms with Gasteiger partial charge in [0.25, 0.3) is 0 Å². The maximum absolute atomic E-state index is 4.90. The second-order valence-corrected chi connectivity index (χ2v) is 13.3. The number of pyridine rings is 1. The Morgan fingerprint density at radius 3 is 2.83 bits per heavy atom. The van der Waals surface area contributed by atoms with Crippen LogP contribution in [0.25, 0.3) is 10.9 Å². The van der Waals surface area contributed by atoms with Gasteiger partial charge in [0.2, 0.25) is 0 Å². The smallest absolute Gasteiger partial charge is 0.0752 e. The lowest BCUT2D eigenvalue weighted by Crippen LogP contribution is -2.10. The molecule has 5 heteroatoms. The molecule has 96 valence electrons. The Bertz CT molecular complexity index is 529. The molecule has 0 amide bonds. The summed E-state index contributed by atoms with van der Waals surface area (Å²) in [4.78, 5) is 4.90. The van der Waals surface area contributed by atoms with E-state index in [1.54, 1.807) is 0 Å². The van der Waals surface area contributed by atoms with E-state index in [1.807, 2.05) is 0 Å². The van der Waals surface area contributed by atoms with Gasteiger partial charge in [-0.1, -0.05) is 39.5 Å². The monoisotopic (exact) mass is 313 g/mol. The number of aryl methyl sites for hydroxylation is 1. The molecule has 2 aromatic rings. The van der Waals surface area contributed by atoms with Gasteiger partial charge >= 0.3 is 0 Å². The highest BCUT2D eigenvalue weighted by molar-refractivity contribution is 8.63. The molecule has 0 aliphatic carbocycles. The topological polar surface area (TPSA) is 12.9 Å². The van der Waals surface area contributed by atoms with Crippen molar-refractivity contribution in [3.8, 4) is 0 Å². The quantitative estimate of drug-likeness (QED) is 0.719. The second kappa shape index (κ2) is 7.22. The van der Waals surface area contributed by atoms with E-state index in [0.717, 1.165) is 19.9 Å². The number of benzene rings is 1. The third kappa shape index (κ3) is 3.46. The summed E-state index contributed by atoms with van der Waals surface area (Å²) in [5.41, 5.74) is 3.91. The maximum Gasteiger partial charge on any atom is 0.0752 e. The van der Waals surface area contributed by atoms with Crippen molar-refractivity contribution in [1.82, 2.24) is 4.98 Å². The van der Waals surface area contributed by atoms with Crippen LogP contribution in [0, 0.1) is 0 Å². The van der Waals surface area contributed by atoms with Crippen LogP contribution in [0.5, 0.6) is 0 Å². The minimum atomic E-state index is -0.188. The highest BCUT2D eigenvalue weighted by Crippen LogP contribution is 2.64.